The molecule has 2 aromatic rings. The molecule has 5 heteroatoms. The predicted molar refractivity (Wildman–Crippen MR) is 103 cm³/mol. The Hall–Kier alpha value is -2.82. The first-order chi connectivity index (χ1) is 12.4. The number of aliphatic carboxylic acids is 1. The van der Waals surface area contributed by atoms with Crippen molar-refractivity contribution in [2.45, 2.75) is 39.2 Å². The number of nitrogens with zero attached hydrogens (tertiary/aromatic N) is 1. The van der Waals surface area contributed by atoms with Gasteiger partial charge in [0.1, 0.15) is 0 Å². The molecule has 0 spiro atoms. The highest BCUT2D eigenvalue weighted by Gasteiger charge is 2.15. The van der Waals surface area contributed by atoms with Crippen molar-refractivity contribution in [2.75, 3.05) is 7.11 Å². The quantitative estimate of drug-likeness (QED) is 0.690. The third-order valence-electron chi connectivity index (χ3n) is 4.28. The van der Waals surface area contributed by atoms with Gasteiger partial charge in [-0.1, -0.05) is 26.0 Å². The normalized spacial score (nSPS) is 13.4. The molecule has 0 heterocycles. The van der Waals surface area contributed by atoms with Crippen molar-refractivity contribution < 1.29 is 19.4 Å². The van der Waals surface area contributed by atoms with Crippen LogP contribution in [0.2, 0.25) is 0 Å². The van der Waals surface area contributed by atoms with Crippen molar-refractivity contribution >= 4 is 17.9 Å². The maximum atomic E-state index is 10.9. The maximum absolute atomic E-state index is 10.9. The lowest BCUT2D eigenvalue weighted by Crippen LogP contribution is -2.23. The van der Waals surface area contributed by atoms with E-state index >= 15 is 0 Å². The van der Waals surface area contributed by atoms with Crippen LogP contribution in [0.5, 0.6) is 11.5 Å². The molecule has 26 heavy (non-hydrogen) atoms. The van der Waals surface area contributed by atoms with Crippen LogP contribution in [0.3, 0.4) is 0 Å². The summed E-state index contributed by atoms with van der Waals surface area (Å²) in [6, 6.07) is 13.5. The number of carboxylic acids is 1. The summed E-state index contributed by atoms with van der Waals surface area (Å²) >= 11 is 0. The number of carboxylic acid groups (broad SMARTS) is 1. The van der Waals surface area contributed by atoms with Gasteiger partial charge in [-0.2, -0.15) is 0 Å². The van der Waals surface area contributed by atoms with Gasteiger partial charge in [-0.25, -0.2) is 4.79 Å². The molecule has 0 aliphatic heterocycles. The van der Waals surface area contributed by atoms with E-state index in [9.17, 15) is 4.79 Å². The van der Waals surface area contributed by atoms with E-state index in [4.69, 9.17) is 14.6 Å². The van der Waals surface area contributed by atoms with Gasteiger partial charge in [0.25, 0.3) is 0 Å². The second-order valence-corrected chi connectivity index (χ2v) is 6.17. The minimum absolute atomic E-state index is 0.387. The smallest absolute Gasteiger partial charge is 0.344 e. The van der Waals surface area contributed by atoms with Crippen molar-refractivity contribution in [1.82, 2.24) is 0 Å². The van der Waals surface area contributed by atoms with Crippen LogP contribution in [0.4, 0.5) is 5.69 Å². The molecule has 1 N–H and O–H groups in total. The Morgan fingerprint density at radius 3 is 2.42 bits per heavy atom. The van der Waals surface area contributed by atoms with Gasteiger partial charge >= 0.3 is 5.97 Å². The number of methoxy groups -OCH3 is 1. The fraction of sp³-hybridized carbons (Fsp3) is 0.333. The standard InChI is InChI=1S/C21H25NO4/c1-5-14(2)17-7-9-18(10-8-17)22-13-16-6-11-19(20(12-16)25-4)26-15(3)21(23)24/h6-15H,5H2,1-4H3,(H,23,24)/t14-,15-/m1/s1. The lowest BCUT2D eigenvalue weighted by Gasteiger charge is -2.14. The van der Waals surface area contributed by atoms with Gasteiger partial charge in [0.2, 0.25) is 0 Å². The number of hydrogen-bond acceptors (Lipinski definition) is 4. The summed E-state index contributed by atoms with van der Waals surface area (Å²) in [5.41, 5.74) is 3.01. The molecule has 5 nitrogen and oxygen atoms in total. The van der Waals surface area contributed by atoms with Crippen LogP contribution >= 0.6 is 0 Å². The van der Waals surface area contributed by atoms with E-state index in [1.165, 1.54) is 19.6 Å². The Kier molecular flexibility index (Phi) is 6.78. The van der Waals surface area contributed by atoms with Crippen LogP contribution in [0.25, 0.3) is 0 Å². The third-order valence-corrected chi connectivity index (χ3v) is 4.28. The largest absolute Gasteiger partial charge is 0.493 e. The Bertz CT molecular complexity index is 768. The minimum atomic E-state index is -1.03. The molecule has 0 saturated carbocycles. The van der Waals surface area contributed by atoms with Gasteiger partial charge in [-0.05, 0) is 60.7 Å². The molecular weight excluding hydrogens is 330 g/mol. The molecule has 0 unspecified atom stereocenters. The van der Waals surface area contributed by atoms with Gasteiger partial charge < -0.3 is 14.6 Å². The van der Waals surface area contributed by atoms with Crippen LogP contribution in [0.1, 0.15) is 44.2 Å². The molecule has 0 aromatic heterocycles. The lowest BCUT2D eigenvalue weighted by molar-refractivity contribution is -0.144. The lowest BCUT2D eigenvalue weighted by atomic mass is 9.99. The van der Waals surface area contributed by atoms with Gasteiger partial charge in [-0.3, -0.25) is 4.99 Å². The molecule has 138 valence electrons. The molecule has 0 aliphatic carbocycles. The summed E-state index contributed by atoms with van der Waals surface area (Å²) in [6.07, 6.45) is 1.90. The van der Waals surface area contributed by atoms with E-state index in [1.807, 2.05) is 18.2 Å². The Labute approximate surface area is 154 Å². The number of aliphatic imine (C=N–C) groups is 1. The maximum Gasteiger partial charge on any atom is 0.344 e. The summed E-state index contributed by atoms with van der Waals surface area (Å²) < 4.78 is 10.7. The van der Waals surface area contributed by atoms with Crippen LogP contribution in [-0.4, -0.2) is 30.5 Å². The third kappa shape index (κ3) is 5.09. The van der Waals surface area contributed by atoms with E-state index < -0.39 is 12.1 Å². The Morgan fingerprint density at radius 1 is 1.15 bits per heavy atom. The number of benzene rings is 2. The molecule has 0 radical (unpaired) electrons. The first kappa shape index (κ1) is 19.5. The monoisotopic (exact) mass is 355 g/mol. The highest BCUT2D eigenvalue weighted by molar-refractivity contribution is 5.83. The summed E-state index contributed by atoms with van der Waals surface area (Å²) in [5.74, 6) is 0.364. The summed E-state index contributed by atoms with van der Waals surface area (Å²) in [5, 5.41) is 8.95. The molecular formula is C21H25NO4. The topological polar surface area (TPSA) is 68.1 Å². The SMILES string of the molecule is CC[C@@H](C)c1ccc(N=Cc2ccc(O[C@H](C)C(=O)O)c(OC)c2)cc1. The Morgan fingerprint density at radius 2 is 1.85 bits per heavy atom. The van der Waals surface area contributed by atoms with E-state index in [-0.39, 0.29) is 0 Å². The van der Waals surface area contributed by atoms with Crippen molar-refractivity contribution in [3.8, 4) is 11.5 Å². The number of hydrogen-bond donors (Lipinski definition) is 1. The zero-order chi connectivity index (χ0) is 19.1. The highest BCUT2D eigenvalue weighted by atomic mass is 16.5. The summed E-state index contributed by atoms with van der Waals surface area (Å²) in [7, 11) is 1.52. The second kappa shape index (κ2) is 9.04. The van der Waals surface area contributed by atoms with Crippen LogP contribution < -0.4 is 9.47 Å². The van der Waals surface area contributed by atoms with Crippen molar-refractivity contribution in [3.05, 3.63) is 53.6 Å². The molecule has 0 amide bonds. The van der Waals surface area contributed by atoms with Crippen molar-refractivity contribution in [3.63, 3.8) is 0 Å². The van der Waals surface area contributed by atoms with E-state index in [0.717, 1.165) is 17.7 Å². The molecule has 0 aliphatic rings. The average Bonchev–Trinajstić information content (AvgIpc) is 2.66. The van der Waals surface area contributed by atoms with Gasteiger partial charge in [-0.15, -0.1) is 0 Å². The molecule has 0 saturated heterocycles. The van der Waals surface area contributed by atoms with E-state index in [1.54, 1.807) is 18.3 Å². The Balaban J connectivity index is 2.14. The number of ether oxygens (including phenoxy) is 2. The second-order valence-electron chi connectivity index (χ2n) is 6.17. The van der Waals surface area contributed by atoms with Crippen LogP contribution in [0.15, 0.2) is 47.5 Å². The fourth-order valence-electron chi connectivity index (χ4n) is 2.38. The molecule has 0 fully saturated rings. The number of rotatable bonds is 8. The van der Waals surface area contributed by atoms with Crippen LogP contribution in [0, 0.1) is 0 Å². The zero-order valence-corrected chi connectivity index (χ0v) is 15.6. The van der Waals surface area contributed by atoms with E-state index in [2.05, 4.69) is 31.0 Å². The first-order valence-electron chi connectivity index (χ1n) is 8.66. The molecule has 2 aromatic carbocycles. The minimum Gasteiger partial charge on any atom is -0.493 e. The fourth-order valence-corrected chi connectivity index (χ4v) is 2.38. The first-order valence-corrected chi connectivity index (χ1v) is 8.66. The highest BCUT2D eigenvalue weighted by Crippen LogP contribution is 2.29. The van der Waals surface area contributed by atoms with Crippen molar-refractivity contribution in [1.29, 1.82) is 0 Å². The van der Waals surface area contributed by atoms with Crippen molar-refractivity contribution in [2.24, 2.45) is 4.99 Å². The van der Waals surface area contributed by atoms with Gasteiger partial charge in [0.05, 0.1) is 12.8 Å². The average molecular weight is 355 g/mol. The molecule has 2 atom stereocenters. The predicted octanol–water partition coefficient (Wildman–Crippen LogP) is 4.81. The number of carbonyl (C=O) groups is 1. The zero-order valence-electron chi connectivity index (χ0n) is 15.6. The summed E-state index contributed by atoms with van der Waals surface area (Å²) in [6.45, 7) is 5.86. The molecule has 0 bridgehead atoms. The molecule has 2 rings (SSSR count). The van der Waals surface area contributed by atoms with Crippen LogP contribution in [-0.2, 0) is 4.79 Å². The summed E-state index contributed by atoms with van der Waals surface area (Å²) in [4.78, 5) is 15.4. The van der Waals surface area contributed by atoms with Gasteiger partial charge in [0, 0.05) is 6.21 Å². The van der Waals surface area contributed by atoms with Gasteiger partial charge in [0.15, 0.2) is 17.6 Å². The van der Waals surface area contributed by atoms with E-state index in [0.29, 0.717) is 17.4 Å².